The van der Waals surface area contributed by atoms with Crippen LogP contribution in [0, 0.1) is 12.8 Å². The predicted molar refractivity (Wildman–Crippen MR) is 78.6 cm³/mol. The lowest BCUT2D eigenvalue weighted by atomic mass is 10.1. The maximum Gasteiger partial charge on any atom is 0.346 e. The SMILES string of the molecule is Cc1c(C(=O)O)sc2ncnc(N3CCC(C(N)=O)C3)c12. The molecule has 0 radical (unpaired) electrons. The third-order valence-corrected chi connectivity index (χ3v) is 4.98. The quantitative estimate of drug-likeness (QED) is 0.876. The van der Waals surface area contributed by atoms with E-state index in [0.717, 1.165) is 16.7 Å². The van der Waals surface area contributed by atoms with Gasteiger partial charge in [0.2, 0.25) is 5.91 Å². The van der Waals surface area contributed by atoms with E-state index in [-0.39, 0.29) is 16.7 Å². The normalized spacial score (nSPS) is 18.3. The Balaban J connectivity index is 2.07. The molecular weight excluding hydrogens is 292 g/mol. The van der Waals surface area contributed by atoms with Gasteiger partial charge in [-0.05, 0) is 18.9 Å². The van der Waals surface area contributed by atoms with Crippen LogP contribution in [-0.4, -0.2) is 40.0 Å². The summed E-state index contributed by atoms with van der Waals surface area (Å²) in [5.41, 5.74) is 6.02. The maximum absolute atomic E-state index is 11.3. The number of fused-ring (bicyclic) bond motifs is 1. The van der Waals surface area contributed by atoms with Crippen LogP contribution in [0.5, 0.6) is 0 Å². The zero-order valence-corrected chi connectivity index (χ0v) is 12.2. The van der Waals surface area contributed by atoms with Crippen LogP contribution in [-0.2, 0) is 4.79 Å². The number of aryl methyl sites for hydroxylation is 1. The molecule has 8 heteroatoms. The van der Waals surface area contributed by atoms with Crippen molar-refractivity contribution < 1.29 is 14.7 Å². The molecule has 1 aliphatic rings. The molecule has 1 fully saturated rings. The Bertz CT molecular complexity index is 742. The summed E-state index contributed by atoms with van der Waals surface area (Å²) in [6.45, 7) is 2.95. The van der Waals surface area contributed by atoms with E-state index in [1.807, 2.05) is 4.90 Å². The number of hydrogen-bond acceptors (Lipinski definition) is 6. The highest BCUT2D eigenvalue weighted by Crippen LogP contribution is 2.36. The standard InChI is InChI=1S/C13H14N4O3S/c1-6-8-11(17-3-2-7(4-17)10(14)18)15-5-16-12(8)21-9(6)13(19)20/h5,7H,2-4H2,1H3,(H2,14,18)(H,19,20). The number of nitrogens with zero attached hydrogens (tertiary/aromatic N) is 3. The van der Waals surface area contributed by atoms with Crippen molar-refractivity contribution in [2.75, 3.05) is 18.0 Å². The molecule has 1 unspecified atom stereocenters. The first-order chi connectivity index (χ1) is 9.99. The summed E-state index contributed by atoms with van der Waals surface area (Å²) in [5, 5.41) is 9.98. The van der Waals surface area contributed by atoms with Crippen molar-refractivity contribution in [2.45, 2.75) is 13.3 Å². The van der Waals surface area contributed by atoms with E-state index >= 15 is 0 Å². The Labute approximate surface area is 124 Å². The van der Waals surface area contributed by atoms with Crippen molar-refractivity contribution in [3.8, 4) is 0 Å². The van der Waals surface area contributed by atoms with Gasteiger partial charge in [0, 0.05) is 13.1 Å². The van der Waals surface area contributed by atoms with Gasteiger partial charge in [-0.1, -0.05) is 0 Å². The zero-order chi connectivity index (χ0) is 15.1. The van der Waals surface area contributed by atoms with Crippen molar-refractivity contribution >= 4 is 39.2 Å². The van der Waals surface area contributed by atoms with Crippen molar-refractivity contribution in [3.63, 3.8) is 0 Å². The van der Waals surface area contributed by atoms with Gasteiger partial charge in [0.25, 0.3) is 0 Å². The topological polar surface area (TPSA) is 109 Å². The van der Waals surface area contributed by atoms with Crippen LogP contribution in [0.1, 0.15) is 21.7 Å². The average molecular weight is 306 g/mol. The Kier molecular flexibility index (Phi) is 3.25. The molecular formula is C13H14N4O3S. The number of aromatic carboxylic acids is 1. The van der Waals surface area contributed by atoms with Crippen molar-refractivity contribution in [3.05, 3.63) is 16.8 Å². The first kappa shape index (κ1) is 13.7. The lowest BCUT2D eigenvalue weighted by Crippen LogP contribution is -2.27. The molecule has 1 atom stereocenters. The summed E-state index contributed by atoms with van der Waals surface area (Å²) in [6.07, 6.45) is 2.12. The van der Waals surface area contributed by atoms with Crippen LogP contribution in [0.3, 0.4) is 0 Å². The first-order valence-corrected chi connectivity index (χ1v) is 7.32. The fourth-order valence-electron chi connectivity index (χ4n) is 2.68. The largest absolute Gasteiger partial charge is 0.477 e. The number of thiophene rings is 1. The Hall–Kier alpha value is -2.22. The van der Waals surface area contributed by atoms with E-state index < -0.39 is 5.97 Å². The molecule has 3 rings (SSSR count). The smallest absolute Gasteiger partial charge is 0.346 e. The minimum absolute atomic E-state index is 0.187. The Morgan fingerprint density at radius 2 is 2.24 bits per heavy atom. The van der Waals surface area contributed by atoms with Gasteiger partial charge < -0.3 is 15.7 Å². The Morgan fingerprint density at radius 1 is 1.48 bits per heavy atom. The highest BCUT2D eigenvalue weighted by Gasteiger charge is 2.30. The third kappa shape index (κ3) is 2.21. The van der Waals surface area contributed by atoms with Crippen LogP contribution in [0.25, 0.3) is 10.2 Å². The summed E-state index contributed by atoms with van der Waals surface area (Å²) in [7, 11) is 0. The minimum Gasteiger partial charge on any atom is -0.477 e. The van der Waals surface area contributed by atoms with Gasteiger partial charge >= 0.3 is 5.97 Å². The molecule has 0 aliphatic carbocycles. The molecule has 1 amide bonds. The molecule has 7 nitrogen and oxygen atoms in total. The minimum atomic E-state index is -0.960. The second kappa shape index (κ2) is 4.96. The number of aromatic nitrogens is 2. The van der Waals surface area contributed by atoms with Gasteiger partial charge in [0.05, 0.1) is 11.3 Å². The molecule has 0 aromatic carbocycles. The third-order valence-electron chi connectivity index (χ3n) is 3.79. The van der Waals surface area contributed by atoms with Crippen LogP contribution < -0.4 is 10.6 Å². The molecule has 3 N–H and O–H groups in total. The number of nitrogens with two attached hydrogens (primary N) is 1. The van der Waals surface area contributed by atoms with Crippen LogP contribution in [0.4, 0.5) is 5.82 Å². The van der Waals surface area contributed by atoms with E-state index in [1.54, 1.807) is 6.92 Å². The molecule has 21 heavy (non-hydrogen) atoms. The van der Waals surface area contributed by atoms with Crippen LogP contribution >= 0.6 is 11.3 Å². The summed E-state index contributed by atoms with van der Waals surface area (Å²) in [5.74, 6) is -0.771. The van der Waals surface area contributed by atoms with Gasteiger partial charge in [-0.3, -0.25) is 4.79 Å². The van der Waals surface area contributed by atoms with Gasteiger partial charge in [-0.2, -0.15) is 0 Å². The summed E-state index contributed by atoms with van der Waals surface area (Å²) < 4.78 is 0. The number of carboxylic acid groups (broad SMARTS) is 1. The number of carbonyl (C=O) groups excluding carboxylic acids is 1. The van der Waals surface area contributed by atoms with Gasteiger partial charge in [0.15, 0.2) is 0 Å². The van der Waals surface area contributed by atoms with E-state index in [1.165, 1.54) is 6.33 Å². The van der Waals surface area contributed by atoms with E-state index in [2.05, 4.69) is 9.97 Å². The molecule has 0 bridgehead atoms. The molecule has 0 spiro atoms. The Morgan fingerprint density at radius 3 is 2.86 bits per heavy atom. The fraction of sp³-hybridized carbons (Fsp3) is 0.385. The summed E-state index contributed by atoms with van der Waals surface area (Å²) in [4.78, 5) is 33.9. The molecule has 2 aromatic rings. The molecule has 1 saturated heterocycles. The van der Waals surface area contributed by atoms with Gasteiger partial charge in [-0.25, -0.2) is 14.8 Å². The van der Waals surface area contributed by atoms with Crippen molar-refractivity contribution in [2.24, 2.45) is 11.7 Å². The fourth-order valence-corrected chi connectivity index (χ4v) is 3.66. The highest BCUT2D eigenvalue weighted by atomic mass is 32.1. The van der Waals surface area contributed by atoms with E-state index in [0.29, 0.717) is 35.7 Å². The van der Waals surface area contributed by atoms with Gasteiger partial charge in [-0.15, -0.1) is 11.3 Å². The zero-order valence-electron chi connectivity index (χ0n) is 11.4. The van der Waals surface area contributed by atoms with Crippen LogP contribution in [0.15, 0.2) is 6.33 Å². The maximum atomic E-state index is 11.3. The number of amides is 1. The summed E-state index contributed by atoms with van der Waals surface area (Å²) in [6, 6.07) is 0. The van der Waals surface area contributed by atoms with E-state index in [9.17, 15) is 14.7 Å². The second-order valence-electron chi connectivity index (χ2n) is 5.07. The summed E-state index contributed by atoms with van der Waals surface area (Å²) >= 11 is 1.14. The number of primary amides is 1. The molecule has 110 valence electrons. The number of carbonyl (C=O) groups is 2. The number of anilines is 1. The lowest BCUT2D eigenvalue weighted by molar-refractivity contribution is -0.121. The molecule has 1 aliphatic heterocycles. The number of hydrogen-bond donors (Lipinski definition) is 2. The molecule has 2 aromatic heterocycles. The highest BCUT2D eigenvalue weighted by molar-refractivity contribution is 7.20. The van der Waals surface area contributed by atoms with E-state index in [4.69, 9.17) is 5.73 Å². The average Bonchev–Trinajstić information content (AvgIpc) is 3.04. The second-order valence-corrected chi connectivity index (χ2v) is 6.07. The lowest BCUT2D eigenvalue weighted by Gasteiger charge is -2.18. The number of carboxylic acids is 1. The monoisotopic (exact) mass is 306 g/mol. The van der Waals surface area contributed by atoms with Crippen molar-refractivity contribution in [1.82, 2.24) is 9.97 Å². The van der Waals surface area contributed by atoms with Gasteiger partial charge in [0.1, 0.15) is 21.9 Å². The number of rotatable bonds is 3. The predicted octanol–water partition coefficient (Wildman–Crippen LogP) is 1.01. The molecule has 0 saturated carbocycles. The molecule has 3 heterocycles. The van der Waals surface area contributed by atoms with Crippen molar-refractivity contribution in [1.29, 1.82) is 0 Å². The first-order valence-electron chi connectivity index (χ1n) is 6.50. The van der Waals surface area contributed by atoms with Crippen LogP contribution in [0.2, 0.25) is 0 Å².